The fourth-order valence-electron chi connectivity index (χ4n) is 3.25. The summed E-state index contributed by atoms with van der Waals surface area (Å²) in [4.78, 5) is 39.5. The summed E-state index contributed by atoms with van der Waals surface area (Å²) in [5.41, 5.74) is 0.898. The molecule has 3 N–H and O–H groups in total. The second-order valence-corrected chi connectivity index (χ2v) is 8.48. The van der Waals surface area contributed by atoms with Crippen LogP contribution in [-0.2, 0) is 20.9 Å². The standard InChI is InChI=1S/C24H32N6O4S/c1-5-26-22(32)19(14-25)24-30(7-3)23(33)20(35-24)15-27-17-9-8-10-18(13-17)28-21(31)16-29(6-2)11-12-34-4/h8-10,13,15,27H,5-7,11-12,16H2,1-4H3,(H,26,32)(H,28,31). The Balaban J connectivity index is 2.25. The van der Waals surface area contributed by atoms with Crippen molar-refractivity contribution in [1.82, 2.24) is 14.8 Å². The third-order valence-corrected chi connectivity index (χ3v) is 6.19. The first kappa shape index (κ1) is 27.8. The molecule has 1 aromatic carbocycles. The number of benzene rings is 1. The predicted octanol–water partition coefficient (Wildman–Crippen LogP) is 0.497. The van der Waals surface area contributed by atoms with Crippen LogP contribution < -0.4 is 30.7 Å². The molecule has 1 aromatic heterocycles. The van der Waals surface area contributed by atoms with Gasteiger partial charge < -0.3 is 20.7 Å². The number of anilines is 2. The summed E-state index contributed by atoms with van der Waals surface area (Å²) in [6.45, 7) is 8.43. The molecule has 2 rings (SSSR count). The molecule has 35 heavy (non-hydrogen) atoms. The normalized spacial score (nSPS) is 12.3. The minimum Gasteiger partial charge on any atom is -0.383 e. The lowest BCUT2D eigenvalue weighted by molar-refractivity contribution is -0.117. The number of hydrogen-bond acceptors (Lipinski definition) is 8. The van der Waals surface area contributed by atoms with Crippen molar-refractivity contribution in [2.24, 2.45) is 0 Å². The number of nitriles is 1. The Morgan fingerprint density at radius 2 is 2.00 bits per heavy atom. The number of nitrogens with one attached hydrogen (secondary N) is 3. The van der Waals surface area contributed by atoms with Gasteiger partial charge >= 0.3 is 0 Å². The van der Waals surface area contributed by atoms with Crippen LogP contribution in [-0.4, -0.2) is 61.2 Å². The number of likely N-dealkylation sites (N-methyl/N-ethyl adjacent to an activating group) is 1. The topological polar surface area (TPSA) is 128 Å². The Kier molecular flexibility index (Phi) is 11.2. The minimum atomic E-state index is -0.509. The van der Waals surface area contributed by atoms with E-state index in [2.05, 4.69) is 16.0 Å². The third kappa shape index (κ3) is 7.78. The Labute approximate surface area is 208 Å². The SMILES string of the molecule is CCNC(=O)C(C#N)=c1sc(=CNc2cccc(NC(=O)CN(CC)CCOC)c2)c(=O)n1CC. The molecule has 0 aliphatic carbocycles. The number of rotatable bonds is 12. The second kappa shape index (κ2) is 14.1. The lowest BCUT2D eigenvalue weighted by atomic mass is 10.2. The summed E-state index contributed by atoms with van der Waals surface area (Å²) < 4.78 is 7.15. The van der Waals surface area contributed by atoms with E-state index in [1.165, 1.54) is 4.57 Å². The smallest absolute Gasteiger partial charge is 0.270 e. The maximum absolute atomic E-state index is 12.8. The van der Waals surface area contributed by atoms with Gasteiger partial charge in [0.1, 0.15) is 15.3 Å². The summed E-state index contributed by atoms with van der Waals surface area (Å²) in [6.07, 6.45) is 1.54. The number of nitrogens with zero attached hydrogens (tertiary/aromatic N) is 3. The van der Waals surface area contributed by atoms with Gasteiger partial charge in [0.25, 0.3) is 11.5 Å². The molecule has 0 saturated carbocycles. The number of amides is 2. The van der Waals surface area contributed by atoms with Crippen LogP contribution in [0.5, 0.6) is 0 Å². The lowest BCUT2D eigenvalue weighted by Crippen LogP contribution is -2.35. The quantitative estimate of drug-likeness (QED) is 0.387. The third-order valence-electron chi connectivity index (χ3n) is 5.06. The number of thiazole rings is 1. The number of aromatic nitrogens is 1. The van der Waals surface area contributed by atoms with Crippen molar-refractivity contribution >= 4 is 46.3 Å². The molecule has 0 unspecified atom stereocenters. The molecule has 0 atom stereocenters. The first-order chi connectivity index (χ1) is 16.9. The molecule has 2 amide bonds. The Hall–Kier alpha value is -3.46. The van der Waals surface area contributed by atoms with Crippen molar-refractivity contribution in [1.29, 1.82) is 5.26 Å². The first-order valence-corrected chi connectivity index (χ1v) is 12.2. The maximum Gasteiger partial charge on any atom is 0.270 e. The molecule has 10 nitrogen and oxygen atoms in total. The highest BCUT2D eigenvalue weighted by atomic mass is 32.1. The molecule has 0 bridgehead atoms. The van der Waals surface area contributed by atoms with E-state index in [0.29, 0.717) is 46.8 Å². The van der Waals surface area contributed by atoms with E-state index >= 15 is 0 Å². The van der Waals surface area contributed by atoms with Gasteiger partial charge in [0.15, 0.2) is 5.57 Å². The van der Waals surface area contributed by atoms with E-state index in [-0.39, 0.29) is 23.6 Å². The number of ether oxygens (including phenoxy) is 1. The highest BCUT2D eigenvalue weighted by Gasteiger charge is 2.14. The van der Waals surface area contributed by atoms with Gasteiger partial charge in [0, 0.05) is 44.3 Å². The van der Waals surface area contributed by atoms with Crippen molar-refractivity contribution in [3.05, 3.63) is 43.8 Å². The van der Waals surface area contributed by atoms with Crippen LogP contribution in [0.15, 0.2) is 29.1 Å². The van der Waals surface area contributed by atoms with E-state index < -0.39 is 5.91 Å². The Morgan fingerprint density at radius 3 is 2.63 bits per heavy atom. The van der Waals surface area contributed by atoms with Crippen LogP contribution >= 0.6 is 11.3 Å². The summed E-state index contributed by atoms with van der Waals surface area (Å²) in [7, 11) is 1.63. The maximum atomic E-state index is 12.8. The molecule has 0 radical (unpaired) electrons. The zero-order chi connectivity index (χ0) is 25.8. The van der Waals surface area contributed by atoms with Gasteiger partial charge in [-0.15, -0.1) is 11.3 Å². The van der Waals surface area contributed by atoms with Crippen LogP contribution in [0.4, 0.5) is 11.4 Å². The molecule has 0 fully saturated rings. The molecule has 0 saturated heterocycles. The molecular formula is C24H32N6O4S. The summed E-state index contributed by atoms with van der Waals surface area (Å²) in [6, 6.07) is 9.04. The van der Waals surface area contributed by atoms with Crippen molar-refractivity contribution in [3.63, 3.8) is 0 Å². The van der Waals surface area contributed by atoms with Gasteiger partial charge in [-0.1, -0.05) is 13.0 Å². The van der Waals surface area contributed by atoms with E-state index in [1.54, 1.807) is 51.4 Å². The number of methoxy groups -OCH3 is 1. The molecule has 0 aliphatic rings. The molecular weight excluding hydrogens is 468 g/mol. The molecule has 11 heteroatoms. The van der Waals surface area contributed by atoms with Crippen LogP contribution in [0.3, 0.4) is 0 Å². The van der Waals surface area contributed by atoms with Gasteiger partial charge in [0.05, 0.1) is 13.2 Å². The number of carbonyl (C=O) groups is 2. The van der Waals surface area contributed by atoms with Crippen molar-refractivity contribution in [3.8, 4) is 6.07 Å². The monoisotopic (exact) mass is 500 g/mol. The van der Waals surface area contributed by atoms with Gasteiger partial charge in [-0.2, -0.15) is 5.26 Å². The van der Waals surface area contributed by atoms with Crippen LogP contribution in [0, 0.1) is 11.3 Å². The van der Waals surface area contributed by atoms with E-state index in [9.17, 15) is 19.6 Å². The fraction of sp³-hybridized carbons (Fsp3) is 0.417. The molecule has 0 aliphatic heterocycles. The van der Waals surface area contributed by atoms with Crippen molar-refractivity contribution < 1.29 is 14.3 Å². The number of hydrogen-bond donors (Lipinski definition) is 3. The van der Waals surface area contributed by atoms with Gasteiger partial charge in [-0.05, 0) is 38.6 Å². The molecule has 2 aromatic rings. The Morgan fingerprint density at radius 1 is 1.26 bits per heavy atom. The lowest BCUT2D eigenvalue weighted by Gasteiger charge is -2.19. The van der Waals surface area contributed by atoms with Gasteiger partial charge in [-0.3, -0.25) is 23.9 Å². The highest BCUT2D eigenvalue weighted by Crippen LogP contribution is 2.15. The summed E-state index contributed by atoms with van der Waals surface area (Å²) in [5, 5.41) is 18.0. The molecule has 188 valence electrons. The highest BCUT2D eigenvalue weighted by molar-refractivity contribution is 7.07. The zero-order valence-electron chi connectivity index (χ0n) is 20.5. The van der Waals surface area contributed by atoms with Gasteiger partial charge in [-0.25, -0.2) is 0 Å². The van der Waals surface area contributed by atoms with Crippen LogP contribution in [0.2, 0.25) is 0 Å². The molecule has 0 spiro atoms. The second-order valence-electron chi connectivity index (χ2n) is 7.45. The first-order valence-electron chi connectivity index (χ1n) is 11.4. The van der Waals surface area contributed by atoms with Crippen LogP contribution in [0.1, 0.15) is 20.8 Å². The Bertz CT molecular complexity index is 1240. The van der Waals surface area contributed by atoms with E-state index in [1.807, 2.05) is 17.9 Å². The molecule has 1 heterocycles. The average Bonchev–Trinajstić information content (AvgIpc) is 3.16. The largest absolute Gasteiger partial charge is 0.383 e. The van der Waals surface area contributed by atoms with Crippen molar-refractivity contribution in [2.75, 3.05) is 50.5 Å². The minimum absolute atomic E-state index is 0.0909. The van der Waals surface area contributed by atoms with E-state index in [4.69, 9.17) is 4.74 Å². The predicted molar refractivity (Wildman–Crippen MR) is 138 cm³/mol. The van der Waals surface area contributed by atoms with Gasteiger partial charge in [0.2, 0.25) is 5.91 Å². The zero-order valence-corrected chi connectivity index (χ0v) is 21.3. The van der Waals surface area contributed by atoms with E-state index in [0.717, 1.165) is 17.9 Å². The average molecular weight is 501 g/mol. The van der Waals surface area contributed by atoms with Crippen molar-refractivity contribution in [2.45, 2.75) is 27.3 Å². The number of carbonyl (C=O) groups excluding carboxylic acids is 2. The van der Waals surface area contributed by atoms with Crippen LogP contribution in [0.25, 0.3) is 11.8 Å². The summed E-state index contributed by atoms with van der Waals surface area (Å²) in [5.74, 6) is -0.645. The summed E-state index contributed by atoms with van der Waals surface area (Å²) >= 11 is 1.07. The fourth-order valence-corrected chi connectivity index (χ4v) is 4.33.